The third-order valence-corrected chi connectivity index (χ3v) is 16.0. The van der Waals surface area contributed by atoms with E-state index in [1.54, 1.807) is 0 Å². The molecular formula is C80H140NO8+. The van der Waals surface area contributed by atoms with Crippen LogP contribution in [0.25, 0.3) is 0 Å². The number of carboxylic acid groups (broad SMARTS) is 1. The second-order valence-electron chi connectivity index (χ2n) is 25.9. The van der Waals surface area contributed by atoms with E-state index in [0.29, 0.717) is 23.9 Å². The molecule has 0 saturated heterocycles. The van der Waals surface area contributed by atoms with Gasteiger partial charge in [-0.05, 0) is 77.0 Å². The average Bonchev–Trinajstić information content (AvgIpc) is 3.71. The van der Waals surface area contributed by atoms with Crippen LogP contribution in [-0.2, 0) is 33.3 Å². The van der Waals surface area contributed by atoms with Crippen LogP contribution in [0.2, 0.25) is 0 Å². The molecule has 0 bridgehead atoms. The fourth-order valence-electron chi connectivity index (χ4n) is 10.4. The molecule has 0 radical (unpaired) electrons. The van der Waals surface area contributed by atoms with E-state index in [-0.39, 0.29) is 38.6 Å². The van der Waals surface area contributed by atoms with Gasteiger partial charge in [-0.3, -0.25) is 9.59 Å². The number of hydrogen-bond acceptors (Lipinski definition) is 7. The van der Waals surface area contributed by atoms with Gasteiger partial charge in [-0.15, -0.1) is 0 Å². The largest absolute Gasteiger partial charge is 0.477 e. The molecule has 1 N–H and O–H groups in total. The average molecular weight is 1240 g/mol. The van der Waals surface area contributed by atoms with Gasteiger partial charge >= 0.3 is 17.9 Å². The van der Waals surface area contributed by atoms with Crippen molar-refractivity contribution in [1.82, 2.24) is 0 Å². The van der Waals surface area contributed by atoms with E-state index in [4.69, 9.17) is 18.9 Å². The van der Waals surface area contributed by atoms with Gasteiger partial charge < -0.3 is 28.5 Å². The van der Waals surface area contributed by atoms with E-state index < -0.39 is 24.3 Å². The highest BCUT2D eigenvalue weighted by molar-refractivity contribution is 5.71. The number of nitrogens with zero attached hydrogens (tertiary/aromatic N) is 1. The topological polar surface area (TPSA) is 108 Å². The lowest BCUT2D eigenvalue weighted by Gasteiger charge is -2.25. The molecule has 2 unspecified atom stereocenters. The van der Waals surface area contributed by atoms with Gasteiger partial charge in [-0.2, -0.15) is 0 Å². The summed E-state index contributed by atoms with van der Waals surface area (Å²) in [6, 6.07) is 0. The summed E-state index contributed by atoms with van der Waals surface area (Å²) in [5.74, 6) is -2.08. The first-order valence-corrected chi connectivity index (χ1v) is 37.1. The number of esters is 2. The summed E-state index contributed by atoms with van der Waals surface area (Å²) in [5.41, 5.74) is 0. The maximum atomic E-state index is 12.9. The molecule has 0 aliphatic carbocycles. The molecule has 0 heterocycles. The summed E-state index contributed by atoms with van der Waals surface area (Å²) in [5, 5.41) is 9.75. The Kier molecular flexibility index (Phi) is 66.7. The minimum atomic E-state index is -1.53. The second-order valence-corrected chi connectivity index (χ2v) is 25.9. The normalized spacial score (nSPS) is 13.3. The van der Waals surface area contributed by atoms with E-state index in [1.165, 1.54) is 205 Å². The number of rotatable bonds is 68. The van der Waals surface area contributed by atoms with Crippen molar-refractivity contribution in [3.05, 3.63) is 109 Å². The maximum Gasteiger partial charge on any atom is 0.361 e. The molecule has 2 atom stereocenters. The van der Waals surface area contributed by atoms with Crippen LogP contribution in [0.5, 0.6) is 0 Å². The first-order chi connectivity index (χ1) is 43.6. The highest BCUT2D eigenvalue weighted by Crippen LogP contribution is 2.18. The van der Waals surface area contributed by atoms with Gasteiger partial charge in [0, 0.05) is 12.8 Å². The van der Waals surface area contributed by atoms with E-state index in [9.17, 15) is 19.5 Å². The Balaban J connectivity index is 4.14. The highest BCUT2D eigenvalue weighted by Gasteiger charge is 2.25. The van der Waals surface area contributed by atoms with Crippen LogP contribution < -0.4 is 0 Å². The number of hydrogen-bond donors (Lipinski definition) is 1. The number of ether oxygens (including phenoxy) is 4. The molecule has 0 rings (SSSR count). The number of likely N-dealkylation sites (N-methyl/N-ethyl adjacent to an activating group) is 1. The zero-order chi connectivity index (χ0) is 64.7. The van der Waals surface area contributed by atoms with Gasteiger partial charge in [0.25, 0.3) is 6.29 Å². The molecule has 9 nitrogen and oxygen atoms in total. The molecule has 0 aliphatic heterocycles. The van der Waals surface area contributed by atoms with E-state index in [0.717, 1.165) is 77.0 Å². The predicted molar refractivity (Wildman–Crippen MR) is 382 cm³/mol. The lowest BCUT2D eigenvalue weighted by Crippen LogP contribution is -2.40. The SMILES string of the molecule is CC/C=C\C/C=C\C/C=C\C/C=C\C/C=C\C/C=C\C/C=C\C/C=C\C/C=C\CCCC(=O)OC(COC(=O)CCCCCCCCCCCCCCCCCCCCCCCCCCCCCCCCCCCCC)COC(OCC[N+](C)(C)C)C(=O)O. The molecule has 0 saturated carbocycles. The quantitative estimate of drug-likeness (QED) is 0.0211. The molecule has 89 heavy (non-hydrogen) atoms. The molecular weight excluding hydrogens is 1100 g/mol. The fourth-order valence-corrected chi connectivity index (χ4v) is 10.4. The van der Waals surface area contributed by atoms with Crippen molar-refractivity contribution in [2.75, 3.05) is 47.5 Å². The molecule has 0 aromatic heterocycles. The zero-order valence-corrected chi connectivity index (χ0v) is 58.6. The number of aliphatic carboxylic acids is 1. The van der Waals surface area contributed by atoms with Crippen molar-refractivity contribution in [3.8, 4) is 0 Å². The molecule has 0 spiro atoms. The molecule has 9 heteroatoms. The lowest BCUT2D eigenvalue weighted by atomic mass is 10.0. The Bertz CT molecular complexity index is 1830. The van der Waals surface area contributed by atoms with Gasteiger partial charge in [0.15, 0.2) is 6.10 Å². The second kappa shape index (κ2) is 69.8. The maximum absolute atomic E-state index is 12.9. The van der Waals surface area contributed by atoms with Crippen LogP contribution in [-0.4, -0.2) is 87.4 Å². The number of unbranched alkanes of at least 4 members (excludes halogenated alkanes) is 35. The molecule has 0 fully saturated rings. The summed E-state index contributed by atoms with van der Waals surface area (Å²) >= 11 is 0. The Hall–Kier alpha value is -4.05. The van der Waals surface area contributed by atoms with E-state index >= 15 is 0 Å². The van der Waals surface area contributed by atoms with Crippen LogP contribution >= 0.6 is 0 Å². The predicted octanol–water partition coefficient (Wildman–Crippen LogP) is 23.4. The van der Waals surface area contributed by atoms with Gasteiger partial charge in [-0.25, -0.2) is 4.79 Å². The van der Waals surface area contributed by atoms with Gasteiger partial charge in [0.2, 0.25) is 0 Å². The van der Waals surface area contributed by atoms with Crippen molar-refractivity contribution in [3.63, 3.8) is 0 Å². The van der Waals surface area contributed by atoms with Crippen molar-refractivity contribution in [2.24, 2.45) is 0 Å². The Labute approximate surface area is 549 Å². The summed E-state index contributed by atoms with van der Waals surface area (Å²) < 4.78 is 22.9. The summed E-state index contributed by atoms with van der Waals surface area (Å²) in [7, 11) is 5.96. The lowest BCUT2D eigenvalue weighted by molar-refractivity contribution is -0.870. The van der Waals surface area contributed by atoms with Crippen LogP contribution in [0, 0.1) is 0 Å². The van der Waals surface area contributed by atoms with Crippen molar-refractivity contribution in [2.45, 2.75) is 334 Å². The van der Waals surface area contributed by atoms with E-state index in [1.807, 2.05) is 21.1 Å². The molecule has 0 aliphatic rings. The molecule has 512 valence electrons. The van der Waals surface area contributed by atoms with Gasteiger partial charge in [0.05, 0.1) is 34.4 Å². The number of carboxylic acids is 1. The van der Waals surface area contributed by atoms with Crippen LogP contribution in [0.15, 0.2) is 109 Å². The summed E-state index contributed by atoms with van der Waals surface area (Å²) in [6.45, 7) is 4.73. The number of quaternary nitrogens is 1. The fraction of sp³-hybridized carbons (Fsp3) is 0.738. The van der Waals surface area contributed by atoms with Crippen LogP contribution in [0.3, 0.4) is 0 Å². The van der Waals surface area contributed by atoms with Crippen molar-refractivity contribution >= 4 is 17.9 Å². The van der Waals surface area contributed by atoms with Crippen molar-refractivity contribution < 1.29 is 42.9 Å². The number of allylic oxidation sites excluding steroid dienone is 18. The molecule has 0 aromatic carbocycles. The minimum absolute atomic E-state index is 0.172. The molecule has 0 amide bonds. The van der Waals surface area contributed by atoms with Crippen LogP contribution in [0.4, 0.5) is 0 Å². The third kappa shape index (κ3) is 71.3. The molecule has 0 aromatic rings. The first-order valence-electron chi connectivity index (χ1n) is 37.1. The Morgan fingerprint density at radius 1 is 0.348 bits per heavy atom. The monoisotopic (exact) mass is 1240 g/mol. The highest BCUT2D eigenvalue weighted by atomic mass is 16.7. The first kappa shape index (κ1) is 85.0. The number of carbonyl (C=O) groups is 3. The third-order valence-electron chi connectivity index (χ3n) is 16.0. The minimum Gasteiger partial charge on any atom is -0.477 e. The standard InChI is InChI=1S/C80H139NO8/c1-6-8-10-12-14-16-18-20-22-24-26-28-30-32-34-36-37-38-39-40-41-43-44-46-48-50-52-54-56-58-60-62-64-66-68-70-77(82)87-74-76(75-88-80(79(84)85)86-73-72-81(3,4)5)89-78(83)71-69-67-65-63-61-59-57-55-53-51-49-47-45-42-35-33-31-29-27-25-23-21-19-17-15-13-11-9-7-2/h9,11,15,17,21,23,27,29,33,35,45,47,51,53,57,59,63,65,76,80H,6-8,10,12-14,16,18-20,22,24-26,28,30-32,34,36-44,46,48-50,52,54-56,58,60-62,64,66-75H2,1-5H3/p+1/b11-9-,17-15-,23-21-,29-27-,35-33-,47-45-,53-51-,59-57-,65-63-. The summed E-state index contributed by atoms with van der Waals surface area (Å²) in [4.78, 5) is 37.6. The smallest absolute Gasteiger partial charge is 0.361 e. The van der Waals surface area contributed by atoms with E-state index in [2.05, 4.69) is 123 Å². The van der Waals surface area contributed by atoms with Gasteiger partial charge in [-0.1, -0.05) is 342 Å². The Morgan fingerprint density at radius 2 is 0.640 bits per heavy atom. The Morgan fingerprint density at radius 3 is 0.944 bits per heavy atom. The van der Waals surface area contributed by atoms with Crippen LogP contribution in [0.1, 0.15) is 322 Å². The summed E-state index contributed by atoms with van der Waals surface area (Å²) in [6.07, 6.45) is 95.3. The van der Waals surface area contributed by atoms with Crippen molar-refractivity contribution in [1.29, 1.82) is 0 Å². The zero-order valence-electron chi connectivity index (χ0n) is 58.6. The number of carbonyl (C=O) groups excluding carboxylic acids is 2. The van der Waals surface area contributed by atoms with Gasteiger partial charge in [0.1, 0.15) is 13.2 Å².